The Balaban J connectivity index is 1.93. The van der Waals surface area contributed by atoms with Crippen molar-refractivity contribution in [3.05, 3.63) is 0 Å². The molecule has 11 heavy (non-hydrogen) atoms. The molecule has 2 unspecified atom stereocenters. The fourth-order valence-electron chi connectivity index (χ4n) is 2.99. The fourth-order valence-corrected chi connectivity index (χ4v) is 2.99. The Morgan fingerprint density at radius 1 is 1.18 bits per heavy atom. The highest BCUT2D eigenvalue weighted by Crippen LogP contribution is 2.41. The highest BCUT2D eigenvalue weighted by molar-refractivity contribution is 4.90. The van der Waals surface area contributed by atoms with Crippen molar-refractivity contribution in [2.45, 2.75) is 26.2 Å². The molecule has 0 bridgehead atoms. The molecule has 0 aromatic heterocycles. The monoisotopic (exact) mass is 153 g/mol. The van der Waals surface area contributed by atoms with Crippen molar-refractivity contribution in [3.8, 4) is 0 Å². The maximum atomic E-state index is 2.50. The zero-order valence-electron chi connectivity index (χ0n) is 7.71. The highest BCUT2D eigenvalue weighted by Gasteiger charge is 2.38. The second kappa shape index (κ2) is 2.78. The zero-order chi connectivity index (χ0) is 7.84. The van der Waals surface area contributed by atoms with Crippen LogP contribution in [0.3, 0.4) is 0 Å². The molecule has 1 aliphatic heterocycles. The summed E-state index contributed by atoms with van der Waals surface area (Å²) in [6, 6.07) is 0. The molecule has 1 heteroatoms. The Bertz CT molecular complexity index is 130. The van der Waals surface area contributed by atoms with E-state index in [0.717, 1.165) is 17.8 Å². The Hall–Kier alpha value is -0.0400. The third-order valence-electron chi connectivity index (χ3n) is 3.61. The smallest absolute Gasteiger partial charge is 0.000996 e. The van der Waals surface area contributed by atoms with Gasteiger partial charge in [-0.15, -0.1) is 0 Å². The van der Waals surface area contributed by atoms with E-state index in [0.29, 0.717) is 0 Å². The second-order valence-electron chi connectivity index (χ2n) is 4.49. The first-order valence-corrected chi connectivity index (χ1v) is 4.98. The largest absolute Gasteiger partial charge is 0.306 e. The normalized spacial score (nSPS) is 44.7. The molecule has 1 saturated carbocycles. The van der Waals surface area contributed by atoms with Gasteiger partial charge in [-0.05, 0) is 37.6 Å². The summed E-state index contributed by atoms with van der Waals surface area (Å²) in [5, 5.41) is 0. The number of rotatable bonds is 1. The van der Waals surface area contributed by atoms with Crippen molar-refractivity contribution >= 4 is 0 Å². The first kappa shape index (κ1) is 7.60. The standard InChI is InChI=1S/C10H19N/c1-3-8-4-9-6-11(2)7-10(9)5-8/h8-10H,3-7H2,1-2H3. The summed E-state index contributed by atoms with van der Waals surface area (Å²) >= 11 is 0. The van der Waals surface area contributed by atoms with E-state index in [-0.39, 0.29) is 0 Å². The van der Waals surface area contributed by atoms with Gasteiger partial charge in [-0.1, -0.05) is 13.3 Å². The summed E-state index contributed by atoms with van der Waals surface area (Å²) in [6.45, 7) is 5.10. The Morgan fingerprint density at radius 3 is 2.18 bits per heavy atom. The van der Waals surface area contributed by atoms with E-state index in [1.165, 1.54) is 32.4 Å². The average Bonchev–Trinajstić information content (AvgIpc) is 2.43. The van der Waals surface area contributed by atoms with Crippen LogP contribution in [0.1, 0.15) is 26.2 Å². The van der Waals surface area contributed by atoms with Gasteiger partial charge >= 0.3 is 0 Å². The van der Waals surface area contributed by atoms with Crippen LogP contribution in [-0.4, -0.2) is 25.0 Å². The van der Waals surface area contributed by atoms with Crippen LogP contribution in [0, 0.1) is 17.8 Å². The third-order valence-corrected chi connectivity index (χ3v) is 3.61. The van der Waals surface area contributed by atoms with E-state index in [1.807, 2.05) is 0 Å². The van der Waals surface area contributed by atoms with E-state index < -0.39 is 0 Å². The molecule has 0 amide bonds. The van der Waals surface area contributed by atoms with Gasteiger partial charge in [0.1, 0.15) is 0 Å². The molecule has 2 aliphatic rings. The minimum Gasteiger partial charge on any atom is -0.306 e. The van der Waals surface area contributed by atoms with Crippen molar-refractivity contribution < 1.29 is 0 Å². The topological polar surface area (TPSA) is 3.24 Å². The van der Waals surface area contributed by atoms with Crippen LogP contribution in [0.2, 0.25) is 0 Å². The highest BCUT2D eigenvalue weighted by atomic mass is 15.1. The second-order valence-corrected chi connectivity index (χ2v) is 4.49. The van der Waals surface area contributed by atoms with Gasteiger partial charge in [0.15, 0.2) is 0 Å². The van der Waals surface area contributed by atoms with E-state index in [9.17, 15) is 0 Å². The number of likely N-dealkylation sites (tertiary alicyclic amines) is 1. The van der Waals surface area contributed by atoms with Gasteiger partial charge < -0.3 is 4.90 Å². The summed E-state index contributed by atoms with van der Waals surface area (Å²) in [6.07, 6.45) is 4.45. The van der Waals surface area contributed by atoms with Crippen molar-refractivity contribution in [1.29, 1.82) is 0 Å². The van der Waals surface area contributed by atoms with Gasteiger partial charge in [0.05, 0.1) is 0 Å². The average molecular weight is 153 g/mol. The first-order chi connectivity index (χ1) is 5.29. The number of fused-ring (bicyclic) bond motifs is 1. The lowest BCUT2D eigenvalue weighted by atomic mass is 10.0. The van der Waals surface area contributed by atoms with Crippen molar-refractivity contribution in [2.24, 2.45) is 17.8 Å². The van der Waals surface area contributed by atoms with Crippen LogP contribution in [0.15, 0.2) is 0 Å². The van der Waals surface area contributed by atoms with Crippen LogP contribution in [0.4, 0.5) is 0 Å². The van der Waals surface area contributed by atoms with Crippen LogP contribution in [0.5, 0.6) is 0 Å². The molecular formula is C10H19N. The third kappa shape index (κ3) is 1.31. The van der Waals surface area contributed by atoms with E-state index in [1.54, 1.807) is 0 Å². The lowest BCUT2D eigenvalue weighted by Gasteiger charge is -2.11. The van der Waals surface area contributed by atoms with Gasteiger partial charge in [0.2, 0.25) is 0 Å². The van der Waals surface area contributed by atoms with E-state index >= 15 is 0 Å². The van der Waals surface area contributed by atoms with Gasteiger partial charge in [0.25, 0.3) is 0 Å². The molecule has 0 N–H and O–H groups in total. The molecule has 0 aromatic rings. The molecule has 0 aromatic carbocycles. The molecule has 2 atom stereocenters. The summed E-state index contributed by atoms with van der Waals surface area (Å²) in [7, 11) is 2.26. The number of hydrogen-bond acceptors (Lipinski definition) is 1. The number of nitrogens with zero attached hydrogens (tertiary/aromatic N) is 1. The minimum atomic E-state index is 1.06. The molecule has 1 nitrogen and oxygen atoms in total. The maximum absolute atomic E-state index is 2.50. The summed E-state index contributed by atoms with van der Waals surface area (Å²) < 4.78 is 0. The molecule has 64 valence electrons. The van der Waals surface area contributed by atoms with Gasteiger partial charge in [-0.3, -0.25) is 0 Å². The predicted molar refractivity (Wildman–Crippen MR) is 47.5 cm³/mol. The predicted octanol–water partition coefficient (Wildman–Crippen LogP) is 1.98. The van der Waals surface area contributed by atoms with Crippen molar-refractivity contribution in [2.75, 3.05) is 20.1 Å². The first-order valence-electron chi connectivity index (χ1n) is 4.98. The number of hydrogen-bond donors (Lipinski definition) is 0. The van der Waals surface area contributed by atoms with Gasteiger partial charge in [-0.25, -0.2) is 0 Å². The Kier molecular flexibility index (Phi) is 1.92. The molecule has 2 fully saturated rings. The molecular weight excluding hydrogens is 134 g/mol. The van der Waals surface area contributed by atoms with Crippen LogP contribution in [0.25, 0.3) is 0 Å². The molecule has 1 saturated heterocycles. The lowest BCUT2D eigenvalue weighted by molar-refractivity contribution is 0.351. The van der Waals surface area contributed by atoms with Gasteiger partial charge in [-0.2, -0.15) is 0 Å². The van der Waals surface area contributed by atoms with E-state index in [4.69, 9.17) is 0 Å². The maximum Gasteiger partial charge on any atom is 0.000996 e. The summed E-state index contributed by atoms with van der Waals surface area (Å²) in [5.41, 5.74) is 0. The van der Waals surface area contributed by atoms with Crippen molar-refractivity contribution in [3.63, 3.8) is 0 Å². The minimum absolute atomic E-state index is 1.06. The van der Waals surface area contributed by atoms with Crippen molar-refractivity contribution in [1.82, 2.24) is 4.90 Å². The quantitative estimate of drug-likeness (QED) is 0.557. The Labute approximate surface area is 69.8 Å². The van der Waals surface area contributed by atoms with Gasteiger partial charge in [0, 0.05) is 13.1 Å². The fraction of sp³-hybridized carbons (Fsp3) is 1.00. The molecule has 0 radical (unpaired) electrons. The van der Waals surface area contributed by atoms with Crippen LogP contribution < -0.4 is 0 Å². The van der Waals surface area contributed by atoms with Crippen LogP contribution >= 0.6 is 0 Å². The summed E-state index contributed by atoms with van der Waals surface area (Å²) in [5.74, 6) is 3.19. The molecule has 0 spiro atoms. The molecule has 1 heterocycles. The summed E-state index contributed by atoms with van der Waals surface area (Å²) in [4.78, 5) is 2.50. The zero-order valence-corrected chi connectivity index (χ0v) is 7.71. The molecule has 1 aliphatic carbocycles. The molecule has 2 rings (SSSR count). The van der Waals surface area contributed by atoms with Crippen LogP contribution in [-0.2, 0) is 0 Å². The Morgan fingerprint density at radius 2 is 1.73 bits per heavy atom. The SMILES string of the molecule is CCC1CC2CN(C)CC2C1. The van der Waals surface area contributed by atoms with E-state index in [2.05, 4.69) is 18.9 Å². The lowest BCUT2D eigenvalue weighted by Crippen LogP contribution is -2.16.